The van der Waals surface area contributed by atoms with Gasteiger partial charge in [0.05, 0.1) is 22.5 Å². The van der Waals surface area contributed by atoms with E-state index >= 15 is 0 Å². The summed E-state index contributed by atoms with van der Waals surface area (Å²) >= 11 is 0. The fourth-order valence-corrected chi connectivity index (χ4v) is 6.75. The lowest BCUT2D eigenvalue weighted by atomic mass is 9.87. The van der Waals surface area contributed by atoms with Crippen molar-refractivity contribution in [3.05, 3.63) is 66.2 Å². The highest BCUT2D eigenvalue weighted by molar-refractivity contribution is 5.99. The molecule has 3 aromatic heterocycles. The van der Waals surface area contributed by atoms with Crippen LogP contribution in [0.4, 0.5) is 5.82 Å². The van der Waals surface area contributed by atoms with Crippen molar-refractivity contribution in [3.63, 3.8) is 0 Å². The van der Waals surface area contributed by atoms with Gasteiger partial charge in [-0.2, -0.15) is 5.10 Å². The predicted molar refractivity (Wildman–Crippen MR) is 159 cm³/mol. The fourth-order valence-electron chi connectivity index (χ4n) is 6.75. The van der Waals surface area contributed by atoms with Crippen LogP contribution >= 0.6 is 0 Å². The normalized spacial score (nSPS) is 20.6. The highest BCUT2D eigenvalue weighted by Crippen LogP contribution is 2.38. The Morgan fingerprint density at radius 3 is 2.46 bits per heavy atom. The number of nitrogens with one attached hydrogen (secondary N) is 1. The molecule has 10 heteroatoms. The van der Waals surface area contributed by atoms with Crippen LogP contribution in [0.1, 0.15) is 56.0 Å². The van der Waals surface area contributed by atoms with Crippen molar-refractivity contribution in [1.82, 2.24) is 34.6 Å². The summed E-state index contributed by atoms with van der Waals surface area (Å²) < 4.78 is 2.08. The van der Waals surface area contributed by atoms with Crippen molar-refractivity contribution in [2.45, 2.75) is 57.0 Å². The molecule has 7 rings (SSSR count). The second-order valence-electron chi connectivity index (χ2n) is 11.5. The van der Waals surface area contributed by atoms with E-state index in [9.17, 15) is 4.79 Å². The lowest BCUT2D eigenvalue weighted by Gasteiger charge is -2.40. The summed E-state index contributed by atoms with van der Waals surface area (Å²) in [7, 11) is 0. The van der Waals surface area contributed by atoms with Gasteiger partial charge in [-0.25, -0.2) is 19.6 Å². The average Bonchev–Trinajstić information content (AvgIpc) is 3.59. The van der Waals surface area contributed by atoms with Crippen LogP contribution in [0.2, 0.25) is 0 Å². The first-order chi connectivity index (χ1) is 20.0. The van der Waals surface area contributed by atoms with Gasteiger partial charge in [-0.3, -0.25) is 4.79 Å². The molecule has 0 bridgehead atoms. The molecule has 10 nitrogen and oxygen atoms in total. The largest absolute Gasteiger partial charge is 0.383 e. The summed E-state index contributed by atoms with van der Waals surface area (Å²) in [4.78, 5) is 31.4. The molecule has 210 valence electrons. The van der Waals surface area contributed by atoms with Gasteiger partial charge < -0.3 is 21.4 Å². The highest BCUT2D eigenvalue weighted by Gasteiger charge is 2.32. The number of nitrogens with zero attached hydrogens (tertiary/aromatic N) is 6. The van der Waals surface area contributed by atoms with Gasteiger partial charge in [0.2, 0.25) is 5.91 Å². The van der Waals surface area contributed by atoms with Crippen LogP contribution in [0.5, 0.6) is 0 Å². The minimum Gasteiger partial charge on any atom is -0.383 e. The molecule has 4 heterocycles. The number of nitrogens with two attached hydrogens (primary N) is 2. The number of anilines is 1. The number of carbonyl (C=O) groups is 1. The molecule has 0 atom stereocenters. The van der Waals surface area contributed by atoms with Crippen LogP contribution in [0.3, 0.4) is 0 Å². The number of nitrogen functional groups attached to an aromatic ring is 1. The van der Waals surface area contributed by atoms with Crippen LogP contribution in [0, 0.1) is 5.92 Å². The maximum atomic E-state index is 11.6. The number of fused-ring (bicyclic) bond motifs is 2. The Morgan fingerprint density at radius 1 is 0.951 bits per heavy atom. The number of piperidine rings is 1. The number of aromatic amines is 1. The number of rotatable bonds is 6. The summed E-state index contributed by atoms with van der Waals surface area (Å²) in [6, 6.07) is 17.3. The standard InChI is InChI=1S/C31H35N9O/c32-29-27-28(21-6-11-24-25(17-21)37-26(36-24)16-19-4-2-1-3-5-19)38-40(31(27)35-18-34-29)23-9-7-22(8-10-23)39-14-12-20(13-15-39)30(33)41/h1-6,11,17-18,20,22-23H,7-10,12-16H2,(H2,33,41)(H,36,37)(H2,32,34,35). The first-order valence-corrected chi connectivity index (χ1v) is 14.6. The van der Waals surface area contributed by atoms with Crippen LogP contribution in [0.25, 0.3) is 33.3 Å². The van der Waals surface area contributed by atoms with Crippen LogP contribution < -0.4 is 11.5 Å². The molecule has 1 saturated heterocycles. The highest BCUT2D eigenvalue weighted by atomic mass is 16.1. The zero-order chi connectivity index (χ0) is 27.9. The van der Waals surface area contributed by atoms with E-state index < -0.39 is 0 Å². The van der Waals surface area contributed by atoms with Crippen LogP contribution in [0.15, 0.2) is 54.9 Å². The number of hydrogen-bond acceptors (Lipinski definition) is 7. The number of carbonyl (C=O) groups excluding carboxylic acids is 1. The first-order valence-electron chi connectivity index (χ1n) is 14.6. The molecule has 0 unspecified atom stereocenters. The lowest BCUT2D eigenvalue weighted by molar-refractivity contribution is -0.123. The first kappa shape index (κ1) is 25.6. The van der Waals surface area contributed by atoms with Gasteiger partial charge in [0.1, 0.15) is 23.7 Å². The maximum Gasteiger partial charge on any atom is 0.220 e. The zero-order valence-corrected chi connectivity index (χ0v) is 23.0. The minimum atomic E-state index is -0.157. The van der Waals surface area contributed by atoms with E-state index in [1.54, 1.807) is 0 Å². The van der Waals surface area contributed by atoms with Crippen LogP contribution in [-0.2, 0) is 11.2 Å². The van der Waals surface area contributed by atoms with Gasteiger partial charge in [0, 0.05) is 23.9 Å². The SMILES string of the molecule is NC(=O)C1CCN(C2CCC(n3nc(-c4ccc5nc(Cc6ccccc6)[nH]c5c4)c4c(N)ncnc43)CC2)CC1. The monoisotopic (exact) mass is 549 g/mol. The topological polar surface area (TPSA) is 145 Å². The molecule has 5 N–H and O–H groups in total. The number of aromatic nitrogens is 6. The van der Waals surface area contributed by atoms with E-state index in [0.717, 1.165) is 97.2 Å². The Kier molecular flexibility index (Phi) is 6.62. The molecule has 2 aromatic carbocycles. The molecular weight excluding hydrogens is 514 g/mol. The number of amides is 1. The molecule has 1 aliphatic heterocycles. The summed E-state index contributed by atoms with van der Waals surface area (Å²) in [5.74, 6) is 1.24. The van der Waals surface area contributed by atoms with Crippen LogP contribution in [-0.4, -0.2) is 59.7 Å². The molecule has 1 aliphatic carbocycles. The van der Waals surface area contributed by atoms with E-state index in [0.29, 0.717) is 11.9 Å². The number of imidazole rings is 1. The minimum absolute atomic E-state index is 0.0259. The Morgan fingerprint density at radius 2 is 1.71 bits per heavy atom. The van der Waals surface area contributed by atoms with Crippen molar-refractivity contribution in [1.29, 1.82) is 0 Å². The Bertz CT molecular complexity index is 1690. The second-order valence-corrected chi connectivity index (χ2v) is 11.5. The number of H-pyrrole nitrogens is 1. The molecule has 5 aromatic rings. The van der Waals surface area contributed by atoms with Crippen molar-refractivity contribution in [2.24, 2.45) is 11.7 Å². The molecule has 2 aliphatic rings. The van der Waals surface area contributed by atoms with Gasteiger partial charge in [-0.05, 0) is 69.3 Å². The number of benzene rings is 2. The number of likely N-dealkylation sites (tertiary alicyclic amines) is 1. The van der Waals surface area contributed by atoms with E-state index in [2.05, 4.69) is 48.8 Å². The summed E-state index contributed by atoms with van der Waals surface area (Å²) in [5.41, 5.74) is 17.6. The molecular formula is C31H35N9O. The summed E-state index contributed by atoms with van der Waals surface area (Å²) in [5, 5.41) is 5.92. The Hall–Kier alpha value is -4.31. The quantitative estimate of drug-likeness (QED) is 0.287. The van der Waals surface area contributed by atoms with Gasteiger partial charge in [0.25, 0.3) is 0 Å². The van der Waals surface area contributed by atoms with E-state index in [1.165, 1.54) is 11.9 Å². The smallest absolute Gasteiger partial charge is 0.220 e. The molecule has 0 radical (unpaired) electrons. The van der Waals surface area contributed by atoms with E-state index in [-0.39, 0.29) is 17.9 Å². The van der Waals surface area contributed by atoms with Gasteiger partial charge in [-0.15, -0.1) is 0 Å². The molecule has 0 spiro atoms. The van der Waals surface area contributed by atoms with Crippen molar-refractivity contribution >= 4 is 33.8 Å². The Balaban J connectivity index is 1.14. The molecule has 2 fully saturated rings. The zero-order valence-electron chi connectivity index (χ0n) is 23.0. The van der Waals surface area contributed by atoms with E-state index in [4.69, 9.17) is 21.5 Å². The molecule has 1 saturated carbocycles. The van der Waals surface area contributed by atoms with Gasteiger partial charge >= 0.3 is 0 Å². The fraction of sp³-hybridized carbons (Fsp3) is 0.387. The van der Waals surface area contributed by atoms with Gasteiger partial charge in [0.15, 0.2) is 5.65 Å². The maximum absolute atomic E-state index is 11.6. The van der Waals surface area contributed by atoms with E-state index in [1.807, 2.05) is 24.3 Å². The molecule has 41 heavy (non-hydrogen) atoms. The summed E-state index contributed by atoms with van der Waals surface area (Å²) in [6.45, 7) is 1.90. The predicted octanol–water partition coefficient (Wildman–Crippen LogP) is 4.22. The third-order valence-corrected chi connectivity index (χ3v) is 9.00. The van der Waals surface area contributed by atoms with Crippen molar-refractivity contribution < 1.29 is 4.79 Å². The number of hydrogen-bond donors (Lipinski definition) is 3. The van der Waals surface area contributed by atoms with Crippen molar-refractivity contribution in [3.8, 4) is 11.3 Å². The lowest BCUT2D eigenvalue weighted by Crippen LogP contribution is -2.45. The Labute approximate surface area is 238 Å². The summed E-state index contributed by atoms with van der Waals surface area (Å²) in [6.07, 6.45) is 8.23. The third kappa shape index (κ3) is 4.93. The average molecular weight is 550 g/mol. The van der Waals surface area contributed by atoms with Crippen molar-refractivity contribution in [2.75, 3.05) is 18.8 Å². The number of primary amides is 1. The third-order valence-electron chi connectivity index (χ3n) is 9.00. The second kappa shape index (κ2) is 10.6. The van der Waals surface area contributed by atoms with Gasteiger partial charge in [-0.1, -0.05) is 36.4 Å². The molecule has 1 amide bonds.